The van der Waals surface area contributed by atoms with Gasteiger partial charge in [-0.15, -0.1) is 0 Å². The predicted octanol–water partition coefficient (Wildman–Crippen LogP) is 5.97. The van der Waals surface area contributed by atoms with E-state index in [0.717, 1.165) is 11.1 Å². The van der Waals surface area contributed by atoms with Crippen molar-refractivity contribution in [3.05, 3.63) is 89.0 Å². The van der Waals surface area contributed by atoms with Crippen molar-refractivity contribution >= 4 is 34.2 Å². The number of nitrogens with one attached hydrogen (secondary N) is 2. The summed E-state index contributed by atoms with van der Waals surface area (Å²) in [5.74, 6) is -1.26. The highest BCUT2D eigenvalue weighted by atomic mass is 35.5. The lowest BCUT2D eigenvalue weighted by Gasteiger charge is -2.20. The largest absolute Gasteiger partial charge is 0.477 e. The molecule has 0 aliphatic heterocycles. The maximum absolute atomic E-state index is 14.9. The van der Waals surface area contributed by atoms with Gasteiger partial charge in [0.15, 0.2) is 5.82 Å². The van der Waals surface area contributed by atoms with Crippen LogP contribution in [0.2, 0.25) is 5.02 Å². The molecule has 0 amide bonds. The van der Waals surface area contributed by atoms with Gasteiger partial charge >= 0.3 is 5.97 Å². The van der Waals surface area contributed by atoms with Crippen LogP contribution in [0.3, 0.4) is 0 Å². The quantitative estimate of drug-likeness (QED) is 0.196. The molecule has 0 aliphatic carbocycles. The Labute approximate surface area is 227 Å². The molecule has 0 bridgehead atoms. The molecule has 1 atom stereocenters. The Morgan fingerprint density at radius 3 is 2.41 bits per heavy atom. The molecule has 5 aromatic rings. The van der Waals surface area contributed by atoms with E-state index in [1.165, 1.54) is 18.3 Å². The summed E-state index contributed by atoms with van der Waals surface area (Å²) in [6, 6.07) is 11.0. The van der Waals surface area contributed by atoms with Crippen molar-refractivity contribution in [2.75, 3.05) is 5.32 Å². The topological polar surface area (TPSA) is 137 Å². The standard InChI is InChI=1S/C28H24ClFN6O3/c1-14(18-9-16(4-6-21(18)30)23-10-24(26(37)38)36-35-23)34-25-19-8-15(5-7-22(19)31-13-20(25)29)17-11-32-27(33-12-17)28(2,3)39/h4-14,39H,1-3H3,(H,31,34)(H,35,36)(H,37,38)/t14-/m1/s1. The minimum absolute atomic E-state index is 0.0620. The van der Waals surface area contributed by atoms with Gasteiger partial charge in [-0.3, -0.25) is 10.1 Å². The number of aromatic carboxylic acids is 1. The number of halogens is 2. The van der Waals surface area contributed by atoms with Gasteiger partial charge in [0.2, 0.25) is 0 Å². The second kappa shape index (κ2) is 10.0. The monoisotopic (exact) mass is 546 g/mol. The molecule has 4 N–H and O–H groups in total. The highest BCUT2D eigenvalue weighted by Crippen LogP contribution is 2.36. The third-order valence-corrected chi connectivity index (χ3v) is 6.57. The fourth-order valence-electron chi connectivity index (χ4n) is 4.20. The van der Waals surface area contributed by atoms with Crippen LogP contribution >= 0.6 is 11.6 Å². The molecule has 2 aromatic carbocycles. The van der Waals surface area contributed by atoms with Crippen LogP contribution in [0.5, 0.6) is 0 Å². The van der Waals surface area contributed by atoms with Crippen LogP contribution in [0, 0.1) is 5.82 Å². The molecule has 5 rings (SSSR count). The van der Waals surface area contributed by atoms with Crippen molar-refractivity contribution in [2.45, 2.75) is 32.4 Å². The fourth-order valence-corrected chi connectivity index (χ4v) is 4.40. The number of nitrogens with zero attached hydrogens (tertiary/aromatic N) is 4. The Morgan fingerprint density at radius 2 is 1.74 bits per heavy atom. The van der Waals surface area contributed by atoms with Crippen LogP contribution < -0.4 is 5.32 Å². The van der Waals surface area contributed by atoms with E-state index in [9.17, 15) is 14.3 Å². The Balaban J connectivity index is 1.50. The van der Waals surface area contributed by atoms with E-state index in [-0.39, 0.29) is 5.69 Å². The number of hydrogen-bond acceptors (Lipinski definition) is 7. The summed E-state index contributed by atoms with van der Waals surface area (Å²) in [6.07, 6.45) is 4.81. The van der Waals surface area contributed by atoms with Gasteiger partial charge in [0.05, 0.1) is 28.0 Å². The molecule has 11 heteroatoms. The summed E-state index contributed by atoms with van der Waals surface area (Å²) in [4.78, 5) is 24.2. The fraction of sp³-hybridized carbons (Fsp3) is 0.179. The lowest BCUT2D eigenvalue weighted by molar-refractivity contribution is 0.0681. The number of aromatic amines is 1. The van der Waals surface area contributed by atoms with Crippen molar-refractivity contribution in [1.29, 1.82) is 0 Å². The molecule has 0 unspecified atom stereocenters. The molecule has 39 heavy (non-hydrogen) atoms. The van der Waals surface area contributed by atoms with Crippen LogP contribution in [-0.2, 0) is 5.60 Å². The van der Waals surface area contributed by atoms with Crippen molar-refractivity contribution in [3.8, 4) is 22.4 Å². The number of carbonyl (C=O) groups is 1. The zero-order valence-electron chi connectivity index (χ0n) is 21.2. The van der Waals surface area contributed by atoms with E-state index >= 15 is 0 Å². The van der Waals surface area contributed by atoms with E-state index in [0.29, 0.717) is 44.3 Å². The molecule has 0 radical (unpaired) electrons. The van der Waals surface area contributed by atoms with E-state index < -0.39 is 23.4 Å². The summed E-state index contributed by atoms with van der Waals surface area (Å²) in [5.41, 5.74) is 2.87. The highest BCUT2D eigenvalue weighted by Gasteiger charge is 2.20. The maximum Gasteiger partial charge on any atom is 0.353 e. The lowest BCUT2D eigenvalue weighted by atomic mass is 10.0. The first-order chi connectivity index (χ1) is 18.5. The number of fused-ring (bicyclic) bond motifs is 1. The van der Waals surface area contributed by atoms with Crippen molar-refractivity contribution < 1.29 is 19.4 Å². The normalized spacial score (nSPS) is 12.5. The number of anilines is 1. The van der Waals surface area contributed by atoms with Gasteiger partial charge in [-0.05, 0) is 62.7 Å². The van der Waals surface area contributed by atoms with Gasteiger partial charge < -0.3 is 15.5 Å². The Kier molecular flexibility index (Phi) is 6.75. The Hall–Kier alpha value is -4.41. The smallest absolute Gasteiger partial charge is 0.353 e. The van der Waals surface area contributed by atoms with Crippen LogP contribution in [0.25, 0.3) is 33.3 Å². The van der Waals surface area contributed by atoms with Gasteiger partial charge in [0.1, 0.15) is 17.1 Å². The number of hydrogen-bond donors (Lipinski definition) is 4. The molecule has 3 aromatic heterocycles. The first-order valence-electron chi connectivity index (χ1n) is 12.0. The van der Waals surface area contributed by atoms with Crippen molar-refractivity contribution in [2.24, 2.45) is 0 Å². The SMILES string of the molecule is C[C@@H](Nc1c(Cl)cnc2ccc(-c3cnc(C(C)(C)O)nc3)cc12)c1cc(-c2cc(C(=O)O)[nH]n2)ccc1F. The zero-order valence-corrected chi connectivity index (χ0v) is 22.0. The van der Waals surface area contributed by atoms with E-state index in [2.05, 4.69) is 30.5 Å². The molecule has 198 valence electrons. The van der Waals surface area contributed by atoms with Gasteiger partial charge in [0, 0.05) is 40.7 Å². The average molecular weight is 547 g/mol. The van der Waals surface area contributed by atoms with Crippen LogP contribution in [-0.4, -0.2) is 41.3 Å². The summed E-state index contributed by atoms with van der Waals surface area (Å²) < 4.78 is 14.9. The van der Waals surface area contributed by atoms with Crippen LogP contribution in [0.1, 0.15) is 48.7 Å². The van der Waals surface area contributed by atoms with Gasteiger partial charge in [-0.1, -0.05) is 17.7 Å². The van der Waals surface area contributed by atoms with E-state index in [1.54, 1.807) is 45.3 Å². The molecule has 0 aliphatic rings. The number of pyridine rings is 1. The minimum Gasteiger partial charge on any atom is -0.477 e. The minimum atomic E-state index is -1.16. The first-order valence-corrected chi connectivity index (χ1v) is 12.4. The molecular formula is C28H24ClFN6O3. The number of benzene rings is 2. The summed E-state index contributed by atoms with van der Waals surface area (Å²) in [5, 5.41) is 30.2. The van der Waals surface area contributed by atoms with Gasteiger partial charge in [-0.2, -0.15) is 5.10 Å². The Morgan fingerprint density at radius 1 is 1.03 bits per heavy atom. The van der Waals surface area contributed by atoms with E-state index in [4.69, 9.17) is 16.7 Å². The summed E-state index contributed by atoms with van der Waals surface area (Å²) in [6.45, 7) is 5.03. The van der Waals surface area contributed by atoms with Crippen molar-refractivity contribution in [1.82, 2.24) is 25.1 Å². The molecule has 0 saturated heterocycles. The first kappa shape index (κ1) is 26.2. The van der Waals surface area contributed by atoms with Crippen LogP contribution in [0.15, 0.2) is 61.1 Å². The predicted molar refractivity (Wildman–Crippen MR) is 146 cm³/mol. The third kappa shape index (κ3) is 5.29. The summed E-state index contributed by atoms with van der Waals surface area (Å²) in [7, 11) is 0. The second-order valence-corrected chi connectivity index (χ2v) is 10.0. The third-order valence-electron chi connectivity index (χ3n) is 6.28. The molecule has 3 heterocycles. The molecule has 0 saturated carbocycles. The number of aliphatic hydroxyl groups is 1. The second-order valence-electron chi connectivity index (χ2n) is 9.64. The van der Waals surface area contributed by atoms with Gasteiger partial charge in [0.25, 0.3) is 0 Å². The molecule has 0 spiro atoms. The number of carboxylic acid groups (broad SMARTS) is 1. The summed E-state index contributed by atoms with van der Waals surface area (Å²) >= 11 is 6.56. The highest BCUT2D eigenvalue weighted by molar-refractivity contribution is 6.34. The Bertz CT molecular complexity index is 1700. The number of rotatable bonds is 7. The molecular weight excluding hydrogens is 523 g/mol. The maximum atomic E-state index is 14.9. The number of carboxylic acids is 1. The average Bonchev–Trinajstić information content (AvgIpc) is 3.41. The molecule has 9 nitrogen and oxygen atoms in total. The van der Waals surface area contributed by atoms with Crippen molar-refractivity contribution in [3.63, 3.8) is 0 Å². The van der Waals surface area contributed by atoms with E-state index in [1.807, 2.05) is 18.2 Å². The lowest BCUT2D eigenvalue weighted by Crippen LogP contribution is -2.19. The van der Waals surface area contributed by atoms with Gasteiger partial charge in [-0.25, -0.2) is 19.2 Å². The number of aromatic nitrogens is 5. The molecule has 0 fully saturated rings. The number of H-pyrrole nitrogens is 1. The zero-order chi connectivity index (χ0) is 27.9. The van der Waals surface area contributed by atoms with Crippen LogP contribution in [0.4, 0.5) is 10.1 Å².